The van der Waals surface area contributed by atoms with Crippen molar-refractivity contribution in [1.29, 1.82) is 0 Å². The summed E-state index contributed by atoms with van der Waals surface area (Å²) in [6.07, 6.45) is 2.08. The van der Waals surface area contributed by atoms with Crippen LogP contribution in [0.5, 0.6) is 0 Å². The summed E-state index contributed by atoms with van der Waals surface area (Å²) in [5, 5.41) is 13.0. The molecule has 0 unspecified atom stereocenters. The number of ketones is 1. The van der Waals surface area contributed by atoms with Crippen LogP contribution in [0, 0.1) is 0 Å². The molecule has 1 heterocycles. The van der Waals surface area contributed by atoms with Crippen LogP contribution in [0.1, 0.15) is 5.56 Å². The summed E-state index contributed by atoms with van der Waals surface area (Å²) in [6, 6.07) is 3.72. The second-order valence-electron chi connectivity index (χ2n) is 3.08. The van der Waals surface area contributed by atoms with E-state index in [1.807, 2.05) is 12.1 Å². The van der Waals surface area contributed by atoms with Crippen molar-refractivity contribution in [2.45, 2.75) is 6.42 Å². The van der Waals surface area contributed by atoms with Crippen molar-refractivity contribution in [3.05, 3.63) is 28.3 Å². The first-order valence-corrected chi connectivity index (χ1v) is 4.00. The lowest BCUT2D eigenvalue weighted by Crippen LogP contribution is -2.10. The molecule has 0 amide bonds. The molecule has 13 heavy (non-hydrogen) atoms. The van der Waals surface area contributed by atoms with Gasteiger partial charge in [0.1, 0.15) is 11.0 Å². The first kappa shape index (κ1) is 6.65. The van der Waals surface area contributed by atoms with Gasteiger partial charge in [0.25, 0.3) is 0 Å². The second kappa shape index (κ2) is 2.10. The van der Waals surface area contributed by atoms with E-state index in [1.165, 1.54) is 0 Å². The predicted octanol–water partition coefficient (Wildman–Crippen LogP) is 0.224. The van der Waals surface area contributed by atoms with E-state index in [9.17, 15) is 4.79 Å². The molecule has 0 fully saturated rings. The van der Waals surface area contributed by atoms with Crippen LogP contribution in [0.15, 0.2) is 27.6 Å². The van der Waals surface area contributed by atoms with Gasteiger partial charge >= 0.3 is 0 Å². The smallest absolute Gasteiger partial charge is 0.160 e. The fourth-order valence-corrected chi connectivity index (χ4v) is 1.67. The molecule has 1 aliphatic carbocycles. The van der Waals surface area contributed by atoms with E-state index in [0.29, 0.717) is 6.42 Å². The Hall–Kier alpha value is -1.84. The highest BCUT2D eigenvalue weighted by Gasteiger charge is 2.17. The Morgan fingerprint density at radius 3 is 3.15 bits per heavy atom. The first-order valence-electron chi connectivity index (χ1n) is 4.00. The highest BCUT2D eigenvalue weighted by molar-refractivity contribution is 6.10. The Balaban J connectivity index is 2.46. The van der Waals surface area contributed by atoms with Crippen molar-refractivity contribution in [3.63, 3.8) is 0 Å². The second-order valence-corrected chi connectivity index (χ2v) is 3.08. The number of hydrogen-bond acceptors (Lipinski definition) is 4. The Labute approximate surface area is 73.3 Å². The van der Waals surface area contributed by atoms with Crippen LogP contribution in [0.3, 0.4) is 0 Å². The highest BCUT2D eigenvalue weighted by Crippen LogP contribution is 2.17. The lowest BCUT2D eigenvalue weighted by atomic mass is 10.1. The van der Waals surface area contributed by atoms with Gasteiger partial charge in [-0.3, -0.25) is 4.79 Å². The summed E-state index contributed by atoms with van der Waals surface area (Å²) in [4.78, 5) is 11.1. The van der Waals surface area contributed by atoms with E-state index in [0.717, 1.165) is 21.8 Å². The minimum absolute atomic E-state index is 0.130. The Morgan fingerprint density at radius 1 is 1.31 bits per heavy atom. The van der Waals surface area contributed by atoms with Gasteiger partial charge < -0.3 is 0 Å². The molecule has 0 bridgehead atoms. The molecule has 0 saturated heterocycles. The van der Waals surface area contributed by atoms with Crippen LogP contribution < -0.4 is 10.6 Å². The summed E-state index contributed by atoms with van der Waals surface area (Å²) in [6.45, 7) is 0. The van der Waals surface area contributed by atoms with Crippen LogP contribution in [0.25, 0.3) is 6.08 Å². The van der Waals surface area contributed by atoms with Gasteiger partial charge in [0, 0.05) is 6.42 Å². The third-order valence-electron chi connectivity index (χ3n) is 2.26. The molecule has 3 rings (SSSR count). The number of carbonyl (C=O) groups excluding carboxylic acids is 1. The van der Waals surface area contributed by atoms with Crippen LogP contribution in [0.2, 0.25) is 0 Å². The molecule has 0 saturated carbocycles. The number of hydrogen-bond donors (Lipinski definition) is 0. The van der Waals surface area contributed by atoms with E-state index in [2.05, 4.69) is 15.4 Å². The lowest BCUT2D eigenvalue weighted by molar-refractivity contribution is -0.112. The number of rotatable bonds is 0. The summed E-state index contributed by atoms with van der Waals surface area (Å²) in [5.74, 6) is 0.130. The van der Waals surface area contributed by atoms with Gasteiger partial charge in [-0.15, -0.1) is 10.2 Å². The van der Waals surface area contributed by atoms with Crippen molar-refractivity contribution in [2.75, 3.05) is 0 Å². The summed E-state index contributed by atoms with van der Waals surface area (Å²) in [5.41, 5.74) is 1.73. The zero-order valence-electron chi connectivity index (χ0n) is 6.69. The maximum atomic E-state index is 11.1. The van der Waals surface area contributed by atoms with Crippen molar-refractivity contribution < 1.29 is 4.79 Å². The average molecular weight is 171 g/mol. The molecule has 4 heteroatoms. The molecule has 1 aromatic carbocycles. The Bertz CT molecular complexity index is 557. The van der Waals surface area contributed by atoms with Gasteiger partial charge in [0.15, 0.2) is 5.78 Å². The molecule has 0 N–H and O–H groups in total. The van der Waals surface area contributed by atoms with Gasteiger partial charge in [-0.2, -0.15) is 0 Å². The number of fused-ring (bicyclic) bond motifs is 3. The maximum absolute atomic E-state index is 11.1. The fraction of sp³-hybridized carbons (Fsp3) is 0.111. The van der Waals surface area contributed by atoms with Gasteiger partial charge in [0.05, 0.1) is 0 Å². The standard InChI is InChI=1S/C9H5N3O/c13-6-3-5-1-2-8-9(7(5)4-6)11-12-10-8/h1-3H,4H2. The molecule has 0 aromatic heterocycles. The van der Waals surface area contributed by atoms with Gasteiger partial charge in [-0.25, -0.2) is 0 Å². The minimum atomic E-state index is 0.130. The molecule has 0 spiro atoms. The van der Waals surface area contributed by atoms with Crippen molar-refractivity contribution >= 4 is 17.5 Å². The molecule has 0 atom stereocenters. The van der Waals surface area contributed by atoms with Gasteiger partial charge in [0.2, 0.25) is 0 Å². The number of benzene rings is 1. The quantitative estimate of drug-likeness (QED) is 0.551. The van der Waals surface area contributed by atoms with E-state index in [1.54, 1.807) is 6.08 Å². The minimum Gasteiger partial charge on any atom is -0.294 e. The van der Waals surface area contributed by atoms with Crippen molar-refractivity contribution in [2.24, 2.45) is 15.4 Å². The summed E-state index contributed by atoms with van der Waals surface area (Å²) in [7, 11) is 0. The Morgan fingerprint density at radius 2 is 2.23 bits per heavy atom. The largest absolute Gasteiger partial charge is 0.294 e. The molecule has 2 aliphatic rings. The van der Waals surface area contributed by atoms with Crippen LogP contribution >= 0.6 is 0 Å². The summed E-state index contributed by atoms with van der Waals surface area (Å²) >= 11 is 0. The van der Waals surface area contributed by atoms with E-state index in [4.69, 9.17) is 0 Å². The average Bonchev–Trinajstić information content (AvgIpc) is 2.65. The zero-order valence-corrected chi connectivity index (χ0v) is 6.69. The molecular weight excluding hydrogens is 166 g/mol. The molecule has 4 nitrogen and oxygen atoms in total. The first-order chi connectivity index (χ1) is 6.34. The molecule has 1 aromatic rings. The Kier molecular flexibility index (Phi) is 1.07. The van der Waals surface area contributed by atoms with Crippen molar-refractivity contribution in [3.8, 4) is 0 Å². The lowest BCUT2D eigenvalue weighted by Gasteiger charge is -1.94. The van der Waals surface area contributed by atoms with E-state index in [-0.39, 0.29) is 5.78 Å². The highest BCUT2D eigenvalue weighted by atomic mass is 16.1. The van der Waals surface area contributed by atoms with Crippen LogP contribution in [-0.4, -0.2) is 5.78 Å². The topological polar surface area (TPSA) is 54.1 Å². The molecule has 62 valence electrons. The fourth-order valence-electron chi connectivity index (χ4n) is 1.67. The SMILES string of the molecule is O=C1C=c2ccc3c(c2C1)N=NN=3. The molecular formula is C9H5N3O. The predicted molar refractivity (Wildman–Crippen MR) is 44.9 cm³/mol. The van der Waals surface area contributed by atoms with Gasteiger partial charge in [-0.05, 0) is 28.1 Å². The van der Waals surface area contributed by atoms with Gasteiger partial charge in [-0.1, -0.05) is 6.07 Å². The maximum Gasteiger partial charge on any atom is 0.160 e. The monoisotopic (exact) mass is 171 g/mol. The van der Waals surface area contributed by atoms with Crippen LogP contribution in [-0.2, 0) is 11.2 Å². The number of Topliss-reactive ketones (excluding diaryl/α,β-unsaturated/α-hetero) is 1. The number of carbonyl (C=O) groups is 1. The molecule has 0 radical (unpaired) electrons. The molecule has 1 aliphatic heterocycles. The third kappa shape index (κ3) is 0.796. The zero-order chi connectivity index (χ0) is 8.84. The van der Waals surface area contributed by atoms with E-state index < -0.39 is 0 Å². The van der Waals surface area contributed by atoms with Crippen molar-refractivity contribution in [1.82, 2.24) is 0 Å². The number of nitrogens with zero attached hydrogens (tertiary/aromatic N) is 3. The summed E-state index contributed by atoms with van der Waals surface area (Å²) < 4.78 is 0. The van der Waals surface area contributed by atoms with Crippen LogP contribution in [0.4, 0.5) is 5.69 Å². The van der Waals surface area contributed by atoms with E-state index >= 15 is 0 Å². The normalized spacial score (nSPS) is 16.5. The third-order valence-corrected chi connectivity index (χ3v) is 2.26.